The first-order valence-electron chi connectivity index (χ1n) is 13.4. The highest BCUT2D eigenvalue weighted by atomic mass is 16.5. The van der Waals surface area contributed by atoms with E-state index in [1.165, 1.54) is 19.3 Å². The van der Waals surface area contributed by atoms with Crippen molar-refractivity contribution in [2.75, 3.05) is 6.61 Å². The molecule has 0 spiro atoms. The van der Waals surface area contributed by atoms with Gasteiger partial charge in [-0.2, -0.15) is 0 Å². The number of hydrogen-bond donors (Lipinski definition) is 2. The van der Waals surface area contributed by atoms with Gasteiger partial charge in [0.15, 0.2) is 0 Å². The molecule has 0 fully saturated rings. The summed E-state index contributed by atoms with van der Waals surface area (Å²) in [7, 11) is 0. The van der Waals surface area contributed by atoms with E-state index < -0.39 is 23.9 Å². The van der Waals surface area contributed by atoms with Crippen LogP contribution in [0.5, 0.6) is 11.5 Å². The van der Waals surface area contributed by atoms with Crippen molar-refractivity contribution in [3.05, 3.63) is 94.5 Å². The van der Waals surface area contributed by atoms with E-state index in [1.807, 2.05) is 19.9 Å². The van der Waals surface area contributed by atoms with Crippen LogP contribution in [0.2, 0.25) is 0 Å². The van der Waals surface area contributed by atoms with Gasteiger partial charge in [-0.3, -0.25) is 4.79 Å². The van der Waals surface area contributed by atoms with Crippen molar-refractivity contribution in [1.82, 2.24) is 5.32 Å². The van der Waals surface area contributed by atoms with Gasteiger partial charge in [-0.1, -0.05) is 50.8 Å². The normalized spacial score (nSPS) is 11.5. The van der Waals surface area contributed by atoms with Gasteiger partial charge in [0.1, 0.15) is 17.5 Å². The van der Waals surface area contributed by atoms with Gasteiger partial charge in [-0.15, -0.1) is 0 Å². The largest absolute Gasteiger partial charge is 0.494 e. The number of unbranched alkanes of at least 4 members (excludes halogenated alkanes) is 4. The number of benzene rings is 3. The quantitative estimate of drug-likeness (QED) is 0.144. The molecule has 0 aromatic heterocycles. The third kappa shape index (κ3) is 9.28. The van der Waals surface area contributed by atoms with Crippen LogP contribution >= 0.6 is 0 Å². The monoisotopic (exact) mass is 531 g/mol. The maximum atomic E-state index is 12.6. The molecule has 0 saturated heterocycles. The highest BCUT2D eigenvalue weighted by Crippen LogP contribution is 2.18. The number of amides is 1. The number of carboxylic acid groups (broad SMARTS) is 1. The summed E-state index contributed by atoms with van der Waals surface area (Å²) in [5.41, 5.74) is 3.50. The lowest BCUT2D eigenvalue weighted by Gasteiger charge is -2.15. The summed E-state index contributed by atoms with van der Waals surface area (Å²) in [6.07, 6.45) is 5.91. The van der Waals surface area contributed by atoms with Crippen molar-refractivity contribution in [1.29, 1.82) is 0 Å². The fraction of sp³-hybridized carbons (Fsp3) is 0.344. The zero-order valence-corrected chi connectivity index (χ0v) is 22.9. The highest BCUT2D eigenvalue weighted by Gasteiger charge is 2.21. The van der Waals surface area contributed by atoms with Crippen LogP contribution in [0.25, 0.3) is 0 Å². The minimum atomic E-state index is -1.13. The summed E-state index contributed by atoms with van der Waals surface area (Å²) < 4.78 is 11.2. The predicted molar refractivity (Wildman–Crippen MR) is 151 cm³/mol. The van der Waals surface area contributed by atoms with E-state index in [9.17, 15) is 19.5 Å². The third-order valence-corrected chi connectivity index (χ3v) is 6.55. The molecule has 7 heteroatoms. The van der Waals surface area contributed by atoms with E-state index in [0.717, 1.165) is 24.0 Å². The van der Waals surface area contributed by atoms with Gasteiger partial charge >= 0.3 is 11.9 Å². The Morgan fingerprint density at radius 2 is 1.44 bits per heavy atom. The zero-order valence-electron chi connectivity index (χ0n) is 22.9. The summed E-state index contributed by atoms with van der Waals surface area (Å²) in [4.78, 5) is 37.0. The molecule has 3 rings (SSSR count). The zero-order chi connectivity index (χ0) is 28.2. The lowest BCUT2D eigenvalue weighted by molar-refractivity contribution is -0.139. The van der Waals surface area contributed by atoms with Crippen LogP contribution in [0.1, 0.15) is 76.4 Å². The Hall–Kier alpha value is -4.13. The van der Waals surface area contributed by atoms with E-state index in [1.54, 1.807) is 60.7 Å². The summed E-state index contributed by atoms with van der Waals surface area (Å²) >= 11 is 0. The Balaban J connectivity index is 1.51. The first kappa shape index (κ1) is 29.4. The second-order valence-electron chi connectivity index (χ2n) is 9.69. The average Bonchev–Trinajstić information content (AvgIpc) is 2.93. The fourth-order valence-electron chi connectivity index (χ4n) is 4.00. The van der Waals surface area contributed by atoms with Crippen molar-refractivity contribution in [2.45, 2.75) is 65.3 Å². The summed E-state index contributed by atoms with van der Waals surface area (Å²) in [5.74, 6) is -1.03. The Bertz CT molecular complexity index is 1250. The van der Waals surface area contributed by atoms with E-state index >= 15 is 0 Å². The summed E-state index contributed by atoms with van der Waals surface area (Å²) in [5, 5.41) is 12.2. The van der Waals surface area contributed by atoms with Crippen LogP contribution in [-0.4, -0.2) is 35.6 Å². The highest BCUT2D eigenvalue weighted by molar-refractivity contribution is 5.97. The number of nitrogens with one attached hydrogen (secondary N) is 1. The number of aliphatic carboxylic acids is 1. The van der Waals surface area contributed by atoms with Crippen LogP contribution in [0.4, 0.5) is 0 Å². The number of aryl methyl sites for hydroxylation is 2. The minimum absolute atomic E-state index is 0.0835. The van der Waals surface area contributed by atoms with E-state index in [-0.39, 0.29) is 6.42 Å². The lowest BCUT2D eigenvalue weighted by atomic mass is 10.0. The van der Waals surface area contributed by atoms with Gasteiger partial charge in [-0.25, -0.2) is 9.59 Å². The molecule has 0 aliphatic rings. The second kappa shape index (κ2) is 14.7. The number of carboxylic acids is 1. The topological polar surface area (TPSA) is 102 Å². The van der Waals surface area contributed by atoms with Crippen molar-refractivity contribution < 1.29 is 29.0 Å². The molecule has 0 heterocycles. The maximum absolute atomic E-state index is 12.6. The van der Waals surface area contributed by atoms with Crippen LogP contribution in [0, 0.1) is 13.8 Å². The van der Waals surface area contributed by atoms with Gasteiger partial charge in [0.2, 0.25) is 0 Å². The maximum Gasteiger partial charge on any atom is 0.343 e. The molecular formula is C32H37NO6. The van der Waals surface area contributed by atoms with Crippen LogP contribution in [-0.2, 0) is 11.2 Å². The lowest BCUT2D eigenvalue weighted by Crippen LogP contribution is -2.42. The molecule has 0 unspecified atom stereocenters. The smallest absolute Gasteiger partial charge is 0.343 e. The van der Waals surface area contributed by atoms with Crippen LogP contribution in [0.15, 0.2) is 66.7 Å². The molecule has 1 amide bonds. The molecule has 0 aliphatic carbocycles. The average molecular weight is 532 g/mol. The molecule has 0 aliphatic heterocycles. The van der Waals surface area contributed by atoms with Crippen molar-refractivity contribution in [3.8, 4) is 11.5 Å². The standard InChI is InChI=1S/C32H37NO6/c1-4-5-6-7-8-19-38-27-17-13-25(14-18-27)32(37)39-28-15-10-24(11-16-28)21-29(31(35)36)33-30(34)26-12-9-22(2)23(3)20-26/h9-18,20,29H,4-8,19,21H2,1-3H3,(H,33,34)(H,35,36)/t29-/m0/s1. The molecule has 206 valence electrons. The number of carbonyl (C=O) groups excluding carboxylic acids is 2. The SMILES string of the molecule is CCCCCCCOc1ccc(C(=O)Oc2ccc(C[C@H](NC(=O)c3ccc(C)c(C)c3)C(=O)O)cc2)cc1. The Kier molecular flexibility index (Phi) is 11.1. The summed E-state index contributed by atoms with van der Waals surface area (Å²) in [6.45, 7) is 6.68. The van der Waals surface area contributed by atoms with Gasteiger partial charge in [0, 0.05) is 12.0 Å². The fourth-order valence-corrected chi connectivity index (χ4v) is 4.00. The number of esters is 1. The number of rotatable bonds is 14. The van der Waals surface area contributed by atoms with Crippen LogP contribution < -0.4 is 14.8 Å². The first-order chi connectivity index (χ1) is 18.8. The van der Waals surface area contributed by atoms with Gasteiger partial charge in [0.25, 0.3) is 5.91 Å². The molecule has 3 aromatic carbocycles. The summed E-state index contributed by atoms with van der Waals surface area (Å²) in [6, 6.07) is 17.5. The van der Waals surface area contributed by atoms with Crippen LogP contribution in [0.3, 0.4) is 0 Å². The van der Waals surface area contributed by atoms with E-state index in [2.05, 4.69) is 12.2 Å². The Morgan fingerprint density at radius 1 is 0.795 bits per heavy atom. The molecule has 0 radical (unpaired) electrons. The predicted octanol–water partition coefficient (Wildman–Crippen LogP) is 6.30. The Labute approximate surface area is 230 Å². The second-order valence-corrected chi connectivity index (χ2v) is 9.69. The number of carbonyl (C=O) groups is 3. The molecule has 2 N–H and O–H groups in total. The molecule has 7 nitrogen and oxygen atoms in total. The molecule has 0 bridgehead atoms. The molecular weight excluding hydrogens is 494 g/mol. The minimum Gasteiger partial charge on any atom is -0.494 e. The molecule has 1 atom stereocenters. The molecule has 0 saturated carbocycles. The number of hydrogen-bond acceptors (Lipinski definition) is 5. The Morgan fingerprint density at radius 3 is 2.08 bits per heavy atom. The van der Waals surface area contributed by atoms with Gasteiger partial charge < -0.3 is 19.9 Å². The van der Waals surface area contributed by atoms with Crippen molar-refractivity contribution in [3.63, 3.8) is 0 Å². The first-order valence-corrected chi connectivity index (χ1v) is 13.4. The van der Waals surface area contributed by atoms with Gasteiger partial charge in [0.05, 0.1) is 12.2 Å². The molecule has 39 heavy (non-hydrogen) atoms. The molecule has 3 aromatic rings. The number of ether oxygens (including phenoxy) is 2. The van der Waals surface area contributed by atoms with Crippen molar-refractivity contribution >= 4 is 17.8 Å². The van der Waals surface area contributed by atoms with E-state index in [4.69, 9.17) is 9.47 Å². The van der Waals surface area contributed by atoms with E-state index in [0.29, 0.717) is 34.8 Å². The van der Waals surface area contributed by atoms with Gasteiger partial charge in [-0.05, 0) is 85.5 Å². The third-order valence-electron chi connectivity index (χ3n) is 6.55. The van der Waals surface area contributed by atoms with Crippen molar-refractivity contribution in [2.24, 2.45) is 0 Å².